The third kappa shape index (κ3) is 2.93. The van der Waals surface area contributed by atoms with Gasteiger partial charge in [-0.05, 0) is 37.5 Å². The van der Waals surface area contributed by atoms with Gasteiger partial charge in [0.1, 0.15) is 0 Å². The first-order chi connectivity index (χ1) is 8.06. The van der Waals surface area contributed by atoms with Gasteiger partial charge in [-0.15, -0.1) is 11.3 Å². The molecule has 0 aliphatic rings. The number of hydrogen-bond acceptors (Lipinski definition) is 3. The van der Waals surface area contributed by atoms with Gasteiger partial charge in [0.2, 0.25) is 0 Å². The maximum Gasteiger partial charge on any atom is 0.0972 e. The summed E-state index contributed by atoms with van der Waals surface area (Å²) in [6, 6.07) is 6.61. The summed E-state index contributed by atoms with van der Waals surface area (Å²) in [5, 5.41) is 3.20. The van der Waals surface area contributed by atoms with E-state index in [2.05, 4.69) is 42.4 Å². The first-order valence-electron chi connectivity index (χ1n) is 5.82. The molecule has 0 bridgehead atoms. The number of aryl methyl sites for hydroxylation is 2. The van der Waals surface area contributed by atoms with Gasteiger partial charge in [0, 0.05) is 17.8 Å². The van der Waals surface area contributed by atoms with Crippen LogP contribution in [0.1, 0.15) is 40.4 Å². The van der Waals surface area contributed by atoms with Gasteiger partial charge in [-0.3, -0.25) is 0 Å². The third-order valence-corrected chi connectivity index (χ3v) is 3.83. The van der Waals surface area contributed by atoms with Gasteiger partial charge in [-0.25, -0.2) is 4.98 Å². The second-order valence-corrected chi connectivity index (χ2v) is 5.49. The van der Waals surface area contributed by atoms with Crippen molar-refractivity contribution in [3.63, 3.8) is 0 Å². The molecule has 3 heteroatoms. The van der Waals surface area contributed by atoms with Crippen molar-refractivity contribution >= 4 is 11.3 Å². The Balaban J connectivity index is 2.16. The Kier molecular flexibility index (Phi) is 3.60. The van der Waals surface area contributed by atoms with Gasteiger partial charge in [-0.1, -0.05) is 18.2 Å². The second-order valence-electron chi connectivity index (χ2n) is 4.55. The van der Waals surface area contributed by atoms with Crippen LogP contribution in [0, 0.1) is 13.8 Å². The molecule has 0 saturated carbocycles. The average molecular weight is 246 g/mol. The molecule has 1 atom stereocenters. The molecule has 0 aliphatic carbocycles. The lowest BCUT2D eigenvalue weighted by atomic mass is 10.0. The van der Waals surface area contributed by atoms with Gasteiger partial charge in [0.05, 0.1) is 10.7 Å². The second kappa shape index (κ2) is 4.98. The fraction of sp³-hybridized carbons (Fsp3) is 0.357. The van der Waals surface area contributed by atoms with E-state index in [0.29, 0.717) is 0 Å². The molecule has 1 aromatic carbocycles. The van der Waals surface area contributed by atoms with E-state index in [9.17, 15) is 0 Å². The quantitative estimate of drug-likeness (QED) is 0.901. The monoisotopic (exact) mass is 246 g/mol. The maximum absolute atomic E-state index is 5.81. The minimum Gasteiger partial charge on any atom is -0.323 e. The van der Waals surface area contributed by atoms with Gasteiger partial charge in [0.25, 0.3) is 0 Å². The molecule has 1 aromatic heterocycles. The number of nitrogens with two attached hydrogens (primary N) is 1. The number of benzene rings is 1. The van der Waals surface area contributed by atoms with E-state index in [4.69, 9.17) is 5.73 Å². The molecular weight excluding hydrogens is 228 g/mol. The van der Waals surface area contributed by atoms with Crippen LogP contribution >= 0.6 is 11.3 Å². The number of aromatic nitrogens is 1. The van der Waals surface area contributed by atoms with Crippen LogP contribution < -0.4 is 5.73 Å². The van der Waals surface area contributed by atoms with E-state index in [1.807, 2.05) is 6.92 Å². The van der Waals surface area contributed by atoms with Gasteiger partial charge >= 0.3 is 0 Å². The van der Waals surface area contributed by atoms with E-state index in [-0.39, 0.29) is 6.04 Å². The van der Waals surface area contributed by atoms with Crippen molar-refractivity contribution in [1.82, 2.24) is 4.98 Å². The van der Waals surface area contributed by atoms with E-state index in [1.54, 1.807) is 11.3 Å². The van der Waals surface area contributed by atoms with Gasteiger partial charge in [0.15, 0.2) is 0 Å². The van der Waals surface area contributed by atoms with Crippen molar-refractivity contribution in [2.24, 2.45) is 5.73 Å². The summed E-state index contributed by atoms with van der Waals surface area (Å²) < 4.78 is 0. The molecule has 2 nitrogen and oxygen atoms in total. The van der Waals surface area contributed by atoms with Crippen LogP contribution in [0.4, 0.5) is 0 Å². The zero-order valence-corrected chi connectivity index (χ0v) is 11.3. The lowest BCUT2D eigenvalue weighted by molar-refractivity contribution is 0.784. The highest BCUT2D eigenvalue weighted by molar-refractivity contribution is 7.09. The van der Waals surface area contributed by atoms with Crippen molar-refractivity contribution in [2.75, 3.05) is 0 Å². The van der Waals surface area contributed by atoms with Crippen molar-refractivity contribution in [1.29, 1.82) is 0 Å². The van der Waals surface area contributed by atoms with Gasteiger partial charge < -0.3 is 5.73 Å². The standard InChI is InChI=1S/C14H18N2S/c1-9-4-5-12(6-10(9)2)7-14-16-13(8-17-14)11(3)15/h4-6,8,11H,7,15H2,1-3H3. The Hall–Kier alpha value is -1.19. The van der Waals surface area contributed by atoms with Crippen LogP contribution in [-0.2, 0) is 6.42 Å². The summed E-state index contributed by atoms with van der Waals surface area (Å²) in [7, 11) is 0. The summed E-state index contributed by atoms with van der Waals surface area (Å²) in [6.45, 7) is 6.25. The maximum atomic E-state index is 5.81. The van der Waals surface area contributed by atoms with Crippen LogP contribution in [0.5, 0.6) is 0 Å². The third-order valence-electron chi connectivity index (χ3n) is 2.96. The summed E-state index contributed by atoms with van der Waals surface area (Å²) in [5.74, 6) is 0. The van der Waals surface area contributed by atoms with Crippen molar-refractivity contribution in [2.45, 2.75) is 33.2 Å². The molecule has 0 amide bonds. The molecule has 1 heterocycles. The zero-order chi connectivity index (χ0) is 12.4. The number of nitrogens with zero attached hydrogens (tertiary/aromatic N) is 1. The van der Waals surface area contributed by atoms with E-state index in [1.165, 1.54) is 16.7 Å². The fourth-order valence-corrected chi connectivity index (χ4v) is 2.64. The minimum absolute atomic E-state index is 0.0275. The van der Waals surface area contributed by atoms with Gasteiger partial charge in [-0.2, -0.15) is 0 Å². The van der Waals surface area contributed by atoms with E-state index in [0.717, 1.165) is 17.1 Å². The highest BCUT2D eigenvalue weighted by Gasteiger charge is 2.06. The van der Waals surface area contributed by atoms with Crippen molar-refractivity contribution in [3.8, 4) is 0 Å². The summed E-state index contributed by atoms with van der Waals surface area (Å²) >= 11 is 1.69. The predicted octanol–water partition coefficient (Wildman–Crippen LogP) is 3.37. The molecule has 17 heavy (non-hydrogen) atoms. The smallest absolute Gasteiger partial charge is 0.0972 e. The Morgan fingerprint density at radius 2 is 2.06 bits per heavy atom. The van der Waals surface area contributed by atoms with E-state index >= 15 is 0 Å². The topological polar surface area (TPSA) is 38.9 Å². The average Bonchev–Trinajstić information content (AvgIpc) is 2.72. The number of rotatable bonds is 3. The molecule has 0 aliphatic heterocycles. The predicted molar refractivity (Wildman–Crippen MR) is 73.4 cm³/mol. The molecule has 0 fully saturated rings. The van der Waals surface area contributed by atoms with Crippen LogP contribution in [-0.4, -0.2) is 4.98 Å². The first kappa shape index (κ1) is 12.3. The van der Waals surface area contributed by atoms with E-state index < -0.39 is 0 Å². The minimum atomic E-state index is 0.0275. The Bertz CT molecular complexity index is 515. The largest absolute Gasteiger partial charge is 0.323 e. The van der Waals surface area contributed by atoms with Crippen molar-refractivity contribution in [3.05, 3.63) is 51.0 Å². The number of hydrogen-bond donors (Lipinski definition) is 1. The van der Waals surface area contributed by atoms with Crippen molar-refractivity contribution < 1.29 is 0 Å². The molecule has 1 unspecified atom stereocenters. The molecule has 2 rings (SSSR count). The van der Waals surface area contributed by atoms with Crippen LogP contribution in [0.15, 0.2) is 23.6 Å². The number of thiazole rings is 1. The Morgan fingerprint density at radius 1 is 1.29 bits per heavy atom. The summed E-state index contributed by atoms with van der Waals surface area (Å²) in [6.07, 6.45) is 0.901. The summed E-state index contributed by atoms with van der Waals surface area (Å²) in [5.41, 5.74) is 10.8. The molecule has 0 spiro atoms. The lowest BCUT2D eigenvalue weighted by Crippen LogP contribution is -2.05. The highest BCUT2D eigenvalue weighted by atomic mass is 32.1. The molecule has 90 valence electrons. The molecule has 0 radical (unpaired) electrons. The normalized spacial score (nSPS) is 12.7. The molecule has 2 N–H and O–H groups in total. The molecule has 0 saturated heterocycles. The first-order valence-corrected chi connectivity index (χ1v) is 6.70. The lowest BCUT2D eigenvalue weighted by Gasteiger charge is -2.03. The Labute approximate surface area is 107 Å². The fourth-order valence-electron chi connectivity index (χ4n) is 1.70. The van der Waals surface area contributed by atoms with Crippen LogP contribution in [0.25, 0.3) is 0 Å². The SMILES string of the molecule is Cc1ccc(Cc2nc(C(C)N)cs2)cc1C. The molecular formula is C14H18N2S. The van der Waals surface area contributed by atoms with Crippen LogP contribution in [0.2, 0.25) is 0 Å². The highest BCUT2D eigenvalue weighted by Crippen LogP contribution is 2.19. The summed E-state index contributed by atoms with van der Waals surface area (Å²) in [4.78, 5) is 4.55. The molecule has 2 aromatic rings. The zero-order valence-electron chi connectivity index (χ0n) is 10.5. The Morgan fingerprint density at radius 3 is 2.65 bits per heavy atom. The van der Waals surface area contributed by atoms with Crippen LogP contribution in [0.3, 0.4) is 0 Å².